The number of hydrogen-bond donors (Lipinski definition) is 2. The van der Waals surface area contributed by atoms with Gasteiger partial charge in [0.05, 0.1) is 0 Å². The van der Waals surface area contributed by atoms with Gasteiger partial charge in [-0.25, -0.2) is 0 Å². The van der Waals surface area contributed by atoms with Gasteiger partial charge >= 0.3 is 0 Å². The zero-order chi connectivity index (χ0) is 14.6. The van der Waals surface area contributed by atoms with Gasteiger partial charge < -0.3 is 15.8 Å². The molecule has 5 heteroatoms. The fraction of sp³-hybridized carbons (Fsp3) is 0.467. The summed E-state index contributed by atoms with van der Waals surface area (Å²) in [6, 6.07) is 8.89. The number of rotatable bonds is 9. The van der Waals surface area contributed by atoms with E-state index < -0.39 is 0 Å². The highest BCUT2D eigenvalue weighted by Crippen LogP contribution is 2.16. The third-order valence-electron chi connectivity index (χ3n) is 2.80. The van der Waals surface area contributed by atoms with Gasteiger partial charge in [0.1, 0.15) is 11.8 Å². The summed E-state index contributed by atoms with van der Waals surface area (Å²) in [5.74, 6) is 0.634. The van der Waals surface area contributed by atoms with E-state index in [1.807, 2.05) is 6.07 Å². The number of ether oxygens (including phenoxy) is 1. The zero-order valence-corrected chi connectivity index (χ0v) is 11.6. The minimum absolute atomic E-state index is 0.0171. The van der Waals surface area contributed by atoms with Crippen LogP contribution >= 0.6 is 0 Å². The number of unbranched alkanes of at least 4 members (excludes halogenated alkanes) is 3. The molecule has 0 saturated heterocycles. The Kier molecular flexibility index (Phi) is 7.85. The van der Waals surface area contributed by atoms with Crippen molar-refractivity contribution in [2.24, 2.45) is 5.73 Å². The molecule has 0 radical (unpaired) electrons. The van der Waals surface area contributed by atoms with Gasteiger partial charge in [0.2, 0.25) is 5.91 Å². The van der Waals surface area contributed by atoms with Crippen molar-refractivity contribution in [3.8, 4) is 11.8 Å². The lowest BCUT2D eigenvalue weighted by Crippen LogP contribution is -2.11. The Bertz CT molecular complexity index is 437. The SMILES string of the molecule is N#CCOc1ccc(NC(=O)CCCCCCN)cc1. The van der Waals surface area contributed by atoms with Gasteiger partial charge in [0, 0.05) is 12.1 Å². The molecule has 3 N–H and O–H groups in total. The maximum atomic E-state index is 11.7. The molecular weight excluding hydrogens is 254 g/mol. The lowest BCUT2D eigenvalue weighted by atomic mass is 10.1. The Morgan fingerprint density at radius 3 is 2.55 bits per heavy atom. The third-order valence-corrected chi connectivity index (χ3v) is 2.80. The van der Waals surface area contributed by atoms with Crippen LogP contribution in [0.1, 0.15) is 32.1 Å². The zero-order valence-electron chi connectivity index (χ0n) is 11.6. The van der Waals surface area contributed by atoms with Crippen LogP contribution in [-0.4, -0.2) is 19.1 Å². The number of nitrogens with two attached hydrogens (primary N) is 1. The highest BCUT2D eigenvalue weighted by Gasteiger charge is 2.02. The second-order valence-corrected chi connectivity index (χ2v) is 4.47. The fourth-order valence-electron chi connectivity index (χ4n) is 1.76. The highest BCUT2D eigenvalue weighted by atomic mass is 16.5. The van der Waals surface area contributed by atoms with Crippen LogP contribution in [0.15, 0.2) is 24.3 Å². The molecule has 0 aliphatic heterocycles. The van der Waals surface area contributed by atoms with Crippen LogP contribution in [0.2, 0.25) is 0 Å². The number of nitrogens with one attached hydrogen (secondary N) is 1. The Balaban J connectivity index is 2.26. The van der Waals surface area contributed by atoms with Gasteiger partial charge in [0.25, 0.3) is 0 Å². The molecule has 0 aliphatic rings. The van der Waals surface area contributed by atoms with Crippen molar-refractivity contribution in [1.29, 1.82) is 5.26 Å². The molecule has 1 aromatic carbocycles. The minimum atomic E-state index is 0.0171. The van der Waals surface area contributed by atoms with Crippen LogP contribution in [0.4, 0.5) is 5.69 Å². The lowest BCUT2D eigenvalue weighted by molar-refractivity contribution is -0.116. The van der Waals surface area contributed by atoms with Gasteiger partial charge in [-0.1, -0.05) is 12.8 Å². The van der Waals surface area contributed by atoms with E-state index in [1.165, 1.54) is 0 Å². The number of benzene rings is 1. The average molecular weight is 275 g/mol. The number of anilines is 1. The summed E-state index contributed by atoms with van der Waals surface area (Å²) in [4.78, 5) is 11.7. The molecule has 5 nitrogen and oxygen atoms in total. The molecule has 0 bridgehead atoms. The van der Waals surface area contributed by atoms with Crippen LogP contribution in [0.5, 0.6) is 5.75 Å². The van der Waals surface area contributed by atoms with E-state index in [0.717, 1.165) is 31.4 Å². The molecule has 1 amide bonds. The van der Waals surface area contributed by atoms with Crippen LogP contribution < -0.4 is 15.8 Å². The molecule has 20 heavy (non-hydrogen) atoms. The predicted molar refractivity (Wildman–Crippen MR) is 78.3 cm³/mol. The van der Waals surface area contributed by atoms with Crippen molar-refractivity contribution >= 4 is 11.6 Å². The molecule has 0 spiro atoms. The van der Waals surface area contributed by atoms with Crippen molar-refractivity contribution in [2.75, 3.05) is 18.5 Å². The van der Waals surface area contributed by atoms with Gasteiger partial charge in [-0.05, 0) is 43.7 Å². The summed E-state index contributed by atoms with van der Waals surface area (Å²) in [5.41, 5.74) is 6.15. The van der Waals surface area contributed by atoms with E-state index in [0.29, 0.717) is 18.7 Å². The molecule has 0 saturated carbocycles. The van der Waals surface area contributed by atoms with Crippen molar-refractivity contribution in [1.82, 2.24) is 0 Å². The van der Waals surface area contributed by atoms with Crippen LogP contribution in [0, 0.1) is 11.3 Å². The number of carbonyl (C=O) groups is 1. The fourth-order valence-corrected chi connectivity index (χ4v) is 1.76. The van der Waals surface area contributed by atoms with Crippen LogP contribution in [0.25, 0.3) is 0 Å². The van der Waals surface area contributed by atoms with Crippen molar-refractivity contribution in [2.45, 2.75) is 32.1 Å². The number of nitrogens with zero attached hydrogens (tertiary/aromatic N) is 1. The summed E-state index contributed by atoms with van der Waals surface area (Å²) in [6.07, 6.45) is 4.54. The monoisotopic (exact) mass is 275 g/mol. The van der Waals surface area contributed by atoms with Gasteiger partial charge in [-0.15, -0.1) is 0 Å². The van der Waals surface area contributed by atoms with E-state index >= 15 is 0 Å². The standard InChI is InChI=1S/C15H21N3O2/c16-10-4-2-1-3-5-15(19)18-13-6-8-14(9-7-13)20-12-11-17/h6-9H,1-5,10,12,16H2,(H,18,19). The topological polar surface area (TPSA) is 88.1 Å². The normalized spacial score (nSPS) is 9.80. The van der Waals surface area contributed by atoms with E-state index in [2.05, 4.69) is 5.32 Å². The first kappa shape index (κ1) is 16.0. The molecule has 0 aromatic heterocycles. The largest absolute Gasteiger partial charge is 0.479 e. The predicted octanol–water partition coefficient (Wildman–Crippen LogP) is 2.44. The second-order valence-electron chi connectivity index (χ2n) is 4.47. The van der Waals surface area contributed by atoms with Crippen molar-refractivity contribution < 1.29 is 9.53 Å². The van der Waals surface area contributed by atoms with E-state index in [9.17, 15) is 4.79 Å². The summed E-state index contributed by atoms with van der Waals surface area (Å²) in [6.45, 7) is 0.737. The molecule has 1 aromatic rings. The molecule has 1 rings (SSSR count). The molecule has 0 unspecified atom stereocenters. The molecule has 108 valence electrons. The summed E-state index contributed by atoms with van der Waals surface area (Å²) >= 11 is 0. The maximum Gasteiger partial charge on any atom is 0.224 e. The lowest BCUT2D eigenvalue weighted by Gasteiger charge is -2.06. The van der Waals surface area contributed by atoms with Crippen molar-refractivity contribution in [3.05, 3.63) is 24.3 Å². The van der Waals surface area contributed by atoms with Gasteiger partial charge in [-0.3, -0.25) is 4.79 Å². The number of amides is 1. The molecule has 0 atom stereocenters. The van der Waals surface area contributed by atoms with Crippen molar-refractivity contribution in [3.63, 3.8) is 0 Å². The summed E-state index contributed by atoms with van der Waals surface area (Å²) in [5, 5.41) is 11.2. The Morgan fingerprint density at radius 1 is 1.20 bits per heavy atom. The first-order chi connectivity index (χ1) is 9.76. The van der Waals surface area contributed by atoms with Gasteiger partial charge in [0.15, 0.2) is 6.61 Å². The van der Waals surface area contributed by atoms with Gasteiger partial charge in [-0.2, -0.15) is 5.26 Å². The Labute approximate surface area is 119 Å². The van der Waals surface area contributed by atoms with E-state index in [4.69, 9.17) is 15.7 Å². The average Bonchev–Trinajstić information content (AvgIpc) is 2.46. The molecule has 0 aliphatic carbocycles. The first-order valence-corrected chi connectivity index (χ1v) is 6.86. The third kappa shape index (κ3) is 6.76. The maximum absolute atomic E-state index is 11.7. The Hall–Kier alpha value is -2.06. The minimum Gasteiger partial charge on any atom is -0.479 e. The number of carbonyl (C=O) groups excluding carboxylic acids is 1. The number of hydrogen-bond acceptors (Lipinski definition) is 4. The summed E-state index contributed by atoms with van der Waals surface area (Å²) < 4.78 is 5.13. The van der Waals surface area contributed by atoms with Crippen LogP contribution in [-0.2, 0) is 4.79 Å². The smallest absolute Gasteiger partial charge is 0.224 e. The molecule has 0 heterocycles. The highest BCUT2D eigenvalue weighted by molar-refractivity contribution is 5.90. The summed E-state index contributed by atoms with van der Waals surface area (Å²) in [7, 11) is 0. The molecule has 0 fully saturated rings. The second kappa shape index (κ2) is 9.82. The number of nitriles is 1. The molecular formula is C15H21N3O2. The quantitative estimate of drug-likeness (QED) is 0.677. The Morgan fingerprint density at radius 2 is 1.90 bits per heavy atom. The van der Waals surface area contributed by atoms with E-state index in [1.54, 1.807) is 24.3 Å². The van der Waals surface area contributed by atoms with Crippen LogP contribution in [0.3, 0.4) is 0 Å². The first-order valence-electron chi connectivity index (χ1n) is 6.86. The van der Waals surface area contributed by atoms with E-state index in [-0.39, 0.29) is 12.5 Å².